The Morgan fingerprint density at radius 3 is 2.63 bits per heavy atom. The smallest absolute Gasteiger partial charge is 0.255 e. The molecule has 1 atom stereocenters. The molecule has 1 fully saturated rings. The summed E-state index contributed by atoms with van der Waals surface area (Å²) in [6.45, 7) is -0.286. The van der Waals surface area contributed by atoms with E-state index < -0.39 is 38.6 Å². The molecule has 2 aromatic carbocycles. The number of carbonyl (C=O) groups is 1. The minimum atomic E-state index is -4.32. The highest BCUT2D eigenvalue weighted by molar-refractivity contribution is 14.1. The fourth-order valence-electron chi connectivity index (χ4n) is 2.80. The first-order chi connectivity index (χ1) is 14.1. The topological polar surface area (TPSA) is 95.9 Å². The third kappa shape index (κ3) is 5.27. The normalized spacial score (nSPS) is 18.1. The SMILES string of the molecule is O=C(Nc1cc(F)c(I)c(I)c1)c1ccc(F)c(S(=O)(=O)N2CCOCC(O)C2)c1. The van der Waals surface area contributed by atoms with Gasteiger partial charge in [-0.25, -0.2) is 17.2 Å². The van der Waals surface area contributed by atoms with Crippen molar-refractivity contribution in [2.45, 2.75) is 11.0 Å². The van der Waals surface area contributed by atoms with Gasteiger partial charge in [0.1, 0.15) is 16.5 Å². The van der Waals surface area contributed by atoms with Gasteiger partial charge >= 0.3 is 0 Å². The minimum Gasteiger partial charge on any atom is -0.389 e. The van der Waals surface area contributed by atoms with Crippen LogP contribution in [0.5, 0.6) is 0 Å². The first-order valence-corrected chi connectivity index (χ1v) is 12.2. The van der Waals surface area contributed by atoms with E-state index in [0.717, 1.165) is 28.6 Å². The fraction of sp³-hybridized carbons (Fsp3) is 0.278. The minimum absolute atomic E-state index is 0.0255. The molecule has 1 unspecified atom stereocenters. The van der Waals surface area contributed by atoms with Gasteiger partial charge in [0.15, 0.2) is 0 Å². The maximum atomic E-state index is 14.4. The van der Waals surface area contributed by atoms with Gasteiger partial charge in [0.25, 0.3) is 5.91 Å². The zero-order chi connectivity index (χ0) is 22.1. The fourth-order valence-corrected chi connectivity index (χ4v) is 5.25. The molecule has 0 bridgehead atoms. The first kappa shape index (κ1) is 23.7. The van der Waals surface area contributed by atoms with Crippen LogP contribution in [0, 0.1) is 18.8 Å². The molecule has 1 heterocycles. The van der Waals surface area contributed by atoms with Crippen molar-refractivity contribution < 1.29 is 31.8 Å². The molecule has 30 heavy (non-hydrogen) atoms. The molecule has 7 nitrogen and oxygen atoms in total. The number of amides is 1. The van der Waals surface area contributed by atoms with E-state index in [-0.39, 0.29) is 37.6 Å². The van der Waals surface area contributed by atoms with Crippen LogP contribution in [0.3, 0.4) is 0 Å². The summed E-state index contributed by atoms with van der Waals surface area (Å²) in [5.41, 5.74) is 0.0689. The number of anilines is 1. The van der Waals surface area contributed by atoms with E-state index in [1.165, 1.54) is 0 Å². The van der Waals surface area contributed by atoms with Crippen LogP contribution in [0.25, 0.3) is 0 Å². The van der Waals surface area contributed by atoms with Crippen molar-refractivity contribution in [1.29, 1.82) is 0 Å². The molecule has 0 spiro atoms. The van der Waals surface area contributed by atoms with Crippen LogP contribution in [-0.4, -0.2) is 56.1 Å². The predicted octanol–water partition coefficient (Wildman–Crippen LogP) is 2.81. The Kier molecular flexibility index (Phi) is 7.66. The summed E-state index contributed by atoms with van der Waals surface area (Å²) in [6.07, 6.45) is -1.05. The molecule has 12 heteroatoms. The first-order valence-electron chi connectivity index (χ1n) is 8.61. The maximum absolute atomic E-state index is 14.4. The van der Waals surface area contributed by atoms with Crippen LogP contribution in [0.4, 0.5) is 14.5 Å². The van der Waals surface area contributed by atoms with Crippen LogP contribution < -0.4 is 5.32 Å². The molecule has 1 saturated heterocycles. The highest BCUT2D eigenvalue weighted by Crippen LogP contribution is 2.25. The average Bonchev–Trinajstić information content (AvgIpc) is 2.91. The number of rotatable bonds is 4. The number of hydrogen-bond acceptors (Lipinski definition) is 5. The van der Waals surface area contributed by atoms with E-state index in [2.05, 4.69) is 5.32 Å². The zero-order valence-electron chi connectivity index (χ0n) is 15.2. The van der Waals surface area contributed by atoms with Gasteiger partial charge in [-0.2, -0.15) is 4.31 Å². The molecule has 0 aromatic heterocycles. The number of benzene rings is 2. The molecule has 0 aliphatic carbocycles. The van der Waals surface area contributed by atoms with Crippen LogP contribution in [-0.2, 0) is 14.8 Å². The summed E-state index contributed by atoms with van der Waals surface area (Å²) in [5, 5.41) is 12.3. The van der Waals surface area contributed by atoms with Crippen LogP contribution in [0.2, 0.25) is 0 Å². The lowest BCUT2D eigenvalue weighted by Gasteiger charge is -2.21. The van der Waals surface area contributed by atoms with Crippen molar-refractivity contribution in [2.75, 3.05) is 31.6 Å². The van der Waals surface area contributed by atoms with E-state index >= 15 is 0 Å². The quantitative estimate of drug-likeness (QED) is 0.388. The molecule has 1 aliphatic heterocycles. The van der Waals surface area contributed by atoms with Crippen molar-refractivity contribution in [3.63, 3.8) is 0 Å². The Balaban J connectivity index is 1.90. The number of sulfonamides is 1. The number of nitrogens with one attached hydrogen (secondary N) is 1. The molecule has 1 amide bonds. The Hall–Kier alpha value is -0.940. The van der Waals surface area contributed by atoms with Gasteiger partial charge in [0, 0.05) is 27.9 Å². The Morgan fingerprint density at radius 2 is 1.93 bits per heavy atom. The lowest BCUT2D eigenvalue weighted by atomic mass is 10.2. The van der Waals surface area contributed by atoms with Gasteiger partial charge in [0.05, 0.1) is 22.9 Å². The van der Waals surface area contributed by atoms with Gasteiger partial charge in [-0.15, -0.1) is 0 Å². The van der Waals surface area contributed by atoms with Gasteiger partial charge in [0.2, 0.25) is 10.0 Å². The van der Waals surface area contributed by atoms with Crippen molar-refractivity contribution in [3.8, 4) is 0 Å². The predicted molar refractivity (Wildman–Crippen MR) is 122 cm³/mol. The highest BCUT2D eigenvalue weighted by atomic mass is 127. The second-order valence-electron chi connectivity index (χ2n) is 6.44. The molecule has 0 saturated carbocycles. The molecular weight excluding hydrogens is 648 g/mol. The van der Waals surface area contributed by atoms with Crippen LogP contribution in [0.15, 0.2) is 35.2 Å². The van der Waals surface area contributed by atoms with Crippen LogP contribution >= 0.6 is 45.2 Å². The Morgan fingerprint density at radius 1 is 1.20 bits per heavy atom. The van der Waals surface area contributed by atoms with E-state index in [9.17, 15) is 27.1 Å². The number of hydrogen-bond donors (Lipinski definition) is 2. The van der Waals surface area contributed by atoms with Gasteiger partial charge < -0.3 is 15.2 Å². The van der Waals surface area contributed by atoms with E-state index in [1.807, 2.05) is 45.2 Å². The summed E-state index contributed by atoms with van der Waals surface area (Å²) >= 11 is 3.76. The molecule has 0 radical (unpaired) electrons. The summed E-state index contributed by atoms with van der Waals surface area (Å²) in [4.78, 5) is 11.9. The van der Waals surface area contributed by atoms with Crippen molar-refractivity contribution >= 4 is 66.8 Å². The second-order valence-corrected chi connectivity index (χ2v) is 10.6. The lowest BCUT2D eigenvalue weighted by Crippen LogP contribution is -2.38. The number of ether oxygens (including phenoxy) is 1. The summed E-state index contributed by atoms with van der Waals surface area (Å²) in [7, 11) is -4.32. The van der Waals surface area contributed by atoms with Gasteiger partial charge in [-0.1, -0.05) is 0 Å². The van der Waals surface area contributed by atoms with Gasteiger partial charge in [-0.3, -0.25) is 4.79 Å². The number of aliphatic hydroxyl groups excluding tert-OH is 1. The third-order valence-corrected chi connectivity index (χ3v) is 9.12. The van der Waals surface area contributed by atoms with E-state index in [0.29, 0.717) is 7.14 Å². The highest BCUT2D eigenvalue weighted by Gasteiger charge is 2.31. The number of halogens is 4. The summed E-state index contributed by atoms with van der Waals surface area (Å²) < 4.78 is 61.1. The molecule has 2 N–H and O–H groups in total. The largest absolute Gasteiger partial charge is 0.389 e. The number of aliphatic hydroxyl groups is 1. The molecule has 2 aromatic rings. The number of nitrogens with zero attached hydrogens (tertiary/aromatic N) is 1. The second kappa shape index (κ2) is 9.68. The lowest BCUT2D eigenvalue weighted by molar-refractivity contribution is 0.0583. The van der Waals surface area contributed by atoms with Crippen molar-refractivity contribution in [3.05, 3.63) is 54.7 Å². The van der Waals surface area contributed by atoms with E-state index in [4.69, 9.17) is 4.74 Å². The Bertz CT molecular complexity index is 1060. The summed E-state index contributed by atoms with van der Waals surface area (Å²) in [5.74, 6) is -2.26. The van der Waals surface area contributed by atoms with Crippen LogP contribution in [0.1, 0.15) is 10.4 Å². The number of β-amino-alcohol motifs (C(OH)–C–C–N with tert-alkyl or cyclic N) is 1. The standard InChI is InChI=1S/C18H16F2I2N2O5S/c19-13-2-1-10(18(26)23-11-6-14(20)17(22)15(21)7-11)5-16(13)30(27,28)24-3-4-29-9-12(25)8-24/h1-2,5-7,12,25H,3-4,8-9H2,(H,23,26). The average molecular weight is 664 g/mol. The Labute approximate surface area is 199 Å². The molecule has 162 valence electrons. The maximum Gasteiger partial charge on any atom is 0.255 e. The monoisotopic (exact) mass is 664 g/mol. The number of carbonyl (C=O) groups excluding carboxylic acids is 1. The summed E-state index contributed by atoms with van der Waals surface area (Å²) in [6, 6.07) is 5.64. The van der Waals surface area contributed by atoms with Gasteiger partial charge in [-0.05, 0) is 75.5 Å². The zero-order valence-corrected chi connectivity index (χ0v) is 20.4. The molecular formula is C18H16F2I2N2O5S. The van der Waals surface area contributed by atoms with Crippen molar-refractivity contribution in [2.24, 2.45) is 0 Å². The van der Waals surface area contributed by atoms with E-state index in [1.54, 1.807) is 6.07 Å². The molecule has 1 aliphatic rings. The third-order valence-electron chi connectivity index (χ3n) is 4.26. The molecule has 3 rings (SSSR count). The van der Waals surface area contributed by atoms with Crippen molar-refractivity contribution in [1.82, 2.24) is 4.31 Å².